The van der Waals surface area contributed by atoms with Gasteiger partial charge in [-0.05, 0) is 30.5 Å². The number of halogens is 4. The average Bonchev–Trinajstić information content (AvgIpc) is 2.62. The number of rotatable bonds is 9. The second kappa shape index (κ2) is 11.8. The third-order valence-electron chi connectivity index (χ3n) is 4.37. The minimum Gasteiger partial charge on any atom is -0.370 e. The van der Waals surface area contributed by atoms with Gasteiger partial charge in [0.15, 0.2) is 5.96 Å². The molecule has 0 aliphatic carbocycles. The predicted molar refractivity (Wildman–Crippen MR) is 110 cm³/mol. The molecule has 1 aromatic rings. The largest absolute Gasteiger partial charge is 0.416 e. The van der Waals surface area contributed by atoms with Gasteiger partial charge in [0, 0.05) is 6.54 Å². The highest BCUT2D eigenvalue weighted by molar-refractivity contribution is 5.99. The maximum absolute atomic E-state index is 12.6. The van der Waals surface area contributed by atoms with Crippen molar-refractivity contribution < 1.29 is 13.2 Å². The van der Waals surface area contributed by atoms with E-state index in [4.69, 9.17) is 5.73 Å². The molecule has 0 spiro atoms. The maximum atomic E-state index is 12.6. The Balaban J connectivity index is 0.00000392. The van der Waals surface area contributed by atoms with Crippen LogP contribution in [0.3, 0.4) is 0 Å². The summed E-state index contributed by atoms with van der Waals surface area (Å²) in [6, 6.07) is 5.05. The van der Waals surface area contributed by atoms with Gasteiger partial charge in [-0.2, -0.15) is 13.2 Å². The summed E-state index contributed by atoms with van der Waals surface area (Å²) in [6.07, 6.45) is 3.48. The van der Waals surface area contributed by atoms with Crippen molar-refractivity contribution in [2.45, 2.75) is 70.8 Å². The van der Waals surface area contributed by atoms with E-state index < -0.39 is 11.7 Å². The Morgan fingerprint density at radius 3 is 2.32 bits per heavy atom. The van der Waals surface area contributed by atoms with Gasteiger partial charge in [-0.25, -0.2) is 9.98 Å². The van der Waals surface area contributed by atoms with Gasteiger partial charge in [-0.15, -0.1) is 12.4 Å². The van der Waals surface area contributed by atoms with Crippen LogP contribution in [-0.2, 0) is 12.7 Å². The standard InChI is InChI=1S/C19H28F3N5.ClH/c1-2-3-4-5-6-7-8-16-25-17(23)27-18(26-16)24-13-14-9-11-15(12-10-14)19(20,21)22;/h9-12,16H,2-8,13H2,1H3,(H4,23,24,25,26,27);1H. The number of alkyl halides is 3. The normalized spacial score (nSPS) is 16.5. The van der Waals surface area contributed by atoms with E-state index in [-0.39, 0.29) is 18.6 Å². The molecule has 9 heteroatoms. The molecule has 0 fully saturated rings. The van der Waals surface area contributed by atoms with Gasteiger partial charge < -0.3 is 11.1 Å². The summed E-state index contributed by atoms with van der Waals surface area (Å²) >= 11 is 0. The summed E-state index contributed by atoms with van der Waals surface area (Å²) in [6.45, 7) is 2.54. The zero-order valence-corrected chi connectivity index (χ0v) is 16.9. The number of guanidine groups is 2. The fourth-order valence-electron chi connectivity index (χ4n) is 2.85. The van der Waals surface area contributed by atoms with Crippen LogP contribution in [0.15, 0.2) is 34.3 Å². The number of hydrogen-bond donors (Lipinski definition) is 3. The molecule has 1 aliphatic heterocycles. The van der Waals surface area contributed by atoms with E-state index in [2.05, 4.69) is 27.5 Å². The smallest absolute Gasteiger partial charge is 0.370 e. The van der Waals surface area contributed by atoms with Gasteiger partial charge in [0.25, 0.3) is 0 Å². The van der Waals surface area contributed by atoms with Crippen LogP contribution in [0, 0.1) is 0 Å². The van der Waals surface area contributed by atoms with E-state index >= 15 is 0 Å². The predicted octanol–water partition coefficient (Wildman–Crippen LogP) is 4.57. The zero-order chi connectivity index (χ0) is 19.7. The molecule has 158 valence electrons. The molecule has 5 nitrogen and oxygen atoms in total. The van der Waals surface area contributed by atoms with E-state index in [1.54, 1.807) is 0 Å². The summed E-state index contributed by atoms with van der Waals surface area (Å²) in [5, 5.41) is 5.93. The number of benzene rings is 1. The number of hydrogen-bond acceptors (Lipinski definition) is 5. The quantitative estimate of drug-likeness (QED) is 0.513. The Bertz CT molecular complexity index is 644. The second-order valence-corrected chi connectivity index (χ2v) is 6.70. The van der Waals surface area contributed by atoms with Gasteiger partial charge in [0.2, 0.25) is 5.96 Å². The lowest BCUT2D eigenvalue weighted by molar-refractivity contribution is -0.137. The van der Waals surface area contributed by atoms with Gasteiger partial charge in [0.05, 0.1) is 5.56 Å². The number of nitrogens with two attached hydrogens (primary N) is 1. The summed E-state index contributed by atoms with van der Waals surface area (Å²) in [5.74, 6) is 0.800. The van der Waals surface area contributed by atoms with Gasteiger partial charge in [0.1, 0.15) is 6.17 Å². The summed E-state index contributed by atoms with van der Waals surface area (Å²) < 4.78 is 37.8. The van der Waals surface area contributed by atoms with Crippen molar-refractivity contribution in [3.05, 3.63) is 35.4 Å². The van der Waals surface area contributed by atoms with Gasteiger partial charge >= 0.3 is 6.18 Å². The third kappa shape index (κ3) is 8.37. The first-order chi connectivity index (χ1) is 12.9. The molecular weight excluding hydrogens is 391 g/mol. The SMILES string of the molecule is CCCCCCCCC1N=C(N)NC(NCc2ccc(C(F)(F)F)cc2)=N1.Cl. The first kappa shape index (κ1) is 24.1. The van der Waals surface area contributed by atoms with E-state index in [0.717, 1.165) is 37.0 Å². The van der Waals surface area contributed by atoms with E-state index in [1.165, 1.54) is 37.8 Å². The second-order valence-electron chi connectivity index (χ2n) is 6.70. The van der Waals surface area contributed by atoms with Crippen molar-refractivity contribution in [3.63, 3.8) is 0 Å². The Kier molecular flexibility index (Phi) is 10.1. The molecule has 1 aromatic carbocycles. The average molecular weight is 420 g/mol. The molecule has 0 amide bonds. The summed E-state index contributed by atoms with van der Waals surface area (Å²) in [5.41, 5.74) is 5.88. The minimum absolute atomic E-state index is 0. The van der Waals surface area contributed by atoms with Crippen LogP contribution in [0.5, 0.6) is 0 Å². The Hall–Kier alpha value is -1.96. The van der Waals surface area contributed by atoms with Crippen LogP contribution in [-0.4, -0.2) is 18.1 Å². The molecular formula is C19H29ClF3N5. The molecule has 1 heterocycles. The minimum atomic E-state index is -4.32. The fraction of sp³-hybridized carbons (Fsp3) is 0.579. The molecule has 1 atom stereocenters. The number of unbranched alkanes of at least 4 members (excludes halogenated alkanes) is 5. The van der Waals surface area contributed by atoms with E-state index in [0.29, 0.717) is 18.5 Å². The van der Waals surface area contributed by atoms with Crippen LogP contribution in [0.1, 0.15) is 63.0 Å². The molecule has 0 radical (unpaired) electrons. The maximum Gasteiger partial charge on any atom is 0.416 e. The van der Waals surface area contributed by atoms with Crippen molar-refractivity contribution in [2.24, 2.45) is 15.7 Å². The Morgan fingerprint density at radius 1 is 1.04 bits per heavy atom. The van der Waals surface area contributed by atoms with Crippen molar-refractivity contribution in [3.8, 4) is 0 Å². The molecule has 1 unspecified atom stereocenters. The molecule has 1 aliphatic rings. The summed E-state index contributed by atoms with van der Waals surface area (Å²) in [7, 11) is 0. The van der Waals surface area contributed by atoms with Crippen molar-refractivity contribution >= 4 is 24.3 Å². The first-order valence-corrected chi connectivity index (χ1v) is 9.46. The van der Waals surface area contributed by atoms with Crippen molar-refractivity contribution in [1.29, 1.82) is 0 Å². The summed E-state index contributed by atoms with van der Waals surface area (Å²) in [4.78, 5) is 8.78. The third-order valence-corrected chi connectivity index (χ3v) is 4.37. The van der Waals surface area contributed by atoms with Crippen LogP contribution in [0.25, 0.3) is 0 Å². The van der Waals surface area contributed by atoms with E-state index in [1.807, 2.05) is 0 Å². The molecule has 4 N–H and O–H groups in total. The molecule has 0 saturated heterocycles. The topological polar surface area (TPSA) is 74.8 Å². The van der Waals surface area contributed by atoms with Crippen molar-refractivity contribution in [1.82, 2.24) is 10.6 Å². The molecule has 28 heavy (non-hydrogen) atoms. The lowest BCUT2D eigenvalue weighted by Gasteiger charge is -2.20. The Morgan fingerprint density at radius 2 is 1.68 bits per heavy atom. The number of nitrogens with one attached hydrogen (secondary N) is 2. The van der Waals surface area contributed by atoms with Crippen LogP contribution in [0.2, 0.25) is 0 Å². The lowest BCUT2D eigenvalue weighted by atomic mass is 10.1. The molecule has 0 aromatic heterocycles. The molecule has 0 saturated carbocycles. The Labute approximate surface area is 170 Å². The van der Waals surface area contributed by atoms with Gasteiger partial charge in [-0.3, -0.25) is 5.32 Å². The highest BCUT2D eigenvalue weighted by atomic mass is 35.5. The fourth-order valence-corrected chi connectivity index (χ4v) is 2.85. The molecule has 2 rings (SSSR count). The van der Waals surface area contributed by atoms with Gasteiger partial charge in [-0.1, -0.05) is 51.2 Å². The van der Waals surface area contributed by atoms with Crippen molar-refractivity contribution in [2.75, 3.05) is 0 Å². The van der Waals surface area contributed by atoms with Crippen LogP contribution >= 0.6 is 12.4 Å². The highest BCUT2D eigenvalue weighted by Crippen LogP contribution is 2.29. The highest BCUT2D eigenvalue weighted by Gasteiger charge is 2.29. The molecule has 0 bridgehead atoms. The lowest BCUT2D eigenvalue weighted by Crippen LogP contribution is -2.48. The number of aliphatic imine (C=N–C) groups is 2. The van der Waals surface area contributed by atoms with E-state index in [9.17, 15) is 13.2 Å². The monoisotopic (exact) mass is 419 g/mol. The van der Waals surface area contributed by atoms with Crippen LogP contribution in [0.4, 0.5) is 13.2 Å². The first-order valence-electron chi connectivity index (χ1n) is 9.46. The van der Waals surface area contributed by atoms with Crippen LogP contribution < -0.4 is 16.4 Å². The zero-order valence-electron chi connectivity index (χ0n) is 16.1. The number of nitrogens with zero attached hydrogens (tertiary/aromatic N) is 2.